The molecule has 19 heavy (non-hydrogen) atoms. The molecule has 3 nitrogen and oxygen atoms in total. The number of para-hydroxylation sites is 1. The fourth-order valence-corrected chi connectivity index (χ4v) is 3.04. The maximum Gasteiger partial charge on any atom is 0.0634 e. The summed E-state index contributed by atoms with van der Waals surface area (Å²) in [5.41, 5.74) is 10.8. The third-order valence-corrected chi connectivity index (χ3v) is 3.90. The smallest absolute Gasteiger partial charge is 0.0634 e. The van der Waals surface area contributed by atoms with Crippen LogP contribution >= 0.6 is 0 Å². The third-order valence-electron chi connectivity index (χ3n) is 3.90. The van der Waals surface area contributed by atoms with Gasteiger partial charge in [0.05, 0.1) is 17.4 Å². The number of hydrogen-bond donors (Lipinski definition) is 1. The molecule has 0 amide bonds. The first-order valence-corrected chi connectivity index (χ1v) is 6.79. The molecule has 1 atom stereocenters. The predicted molar refractivity (Wildman–Crippen MR) is 79.1 cm³/mol. The lowest BCUT2D eigenvalue weighted by Crippen LogP contribution is -2.24. The number of nitrogens with two attached hydrogens (primary N) is 1. The quantitative estimate of drug-likeness (QED) is 0.835. The van der Waals surface area contributed by atoms with Gasteiger partial charge in [-0.1, -0.05) is 12.1 Å². The first kappa shape index (κ1) is 12.0. The Morgan fingerprint density at radius 1 is 1.21 bits per heavy atom. The monoisotopic (exact) mass is 253 g/mol. The summed E-state index contributed by atoms with van der Waals surface area (Å²) in [4.78, 5) is 6.55. The van der Waals surface area contributed by atoms with Gasteiger partial charge < -0.3 is 10.6 Å². The molecule has 2 aromatic rings. The summed E-state index contributed by atoms with van der Waals surface area (Å²) in [6.45, 7) is 3.20. The highest BCUT2D eigenvalue weighted by molar-refractivity contribution is 5.72. The summed E-state index contributed by atoms with van der Waals surface area (Å²) in [6, 6.07) is 10.8. The molecule has 0 aliphatic carbocycles. The van der Waals surface area contributed by atoms with Crippen LogP contribution in [0.2, 0.25) is 0 Å². The van der Waals surface area contributed by atoms with Crippen LogP contribution in [0.15, 0.2) is 42.7 Å². The van der Waals surface area contributed by atoms with Crippen molar-refractivity contribution in [2.75, 3.05) is 17.2 Å². The van der Waals surface area contributed by atoms with Crippen molar-refractivity contribution in [2.24, 2.45) is 0 Å². The lowest BCUT2D eigenvalue weighted by atomic mass is 10.0. The maximum atomic E-state index is 6.19. The molecule has 0 saturated carbocycles. The molecule has 0 bridgehead atoms. The molecule has 1 unspecified atom stereocenters. The Balaban J connectivity index is 2.00. The van der Waals surface area contributed by atoms with Gasteiger partial charge in [-0.15, -0.1) is 0 Å². The van der Waals surface area contributed by atoms with Crippen molar-refractivity contribution in [3.63, 3.8) is 0 Å². The van der Waals surface area contributed by atoms with Crippen LogP contribution in [-0.4, -0.2) is 11.5 Å². The highest BCUT2D eigenvalue weighted by Gasteiger charge is 2.28. The number of rotatable bonds is 2. The lowest BCUT2D eigenvalue weighted by molar-refractivity contribution is 0.717. The summed E-state index contributed by atoms with van der Waals surface area (Å²) in [6.07, 6.45) is 6.12. The Hall–Kier alpha value is -2.03. The van der Waals surface area contributed by atoms with Crippen LogP contribution in [0, 0.1) is 6.92 Å². The zero-order valence-corrected chi connectivity index (χ0v) is 11.2. The van der Waals surface area contributed by atoms with E-state index in [0.717, 1.165) is 12.2 Å². The molecular formula is C16H19N3. The molecule has 1 saturated heterocycles. The second-order valence-corrected chi connectivity index (χ2v) is 5.14. The van der Waals surface area contributed by atoms with Crippen molar-refractivity contribution < 1.29 is 0 Å². The fraction of sp³-hybridized carbons (Fsp3) is 0.312. The van der Waals surface area contributed by atoms with Gasteiger partial charge >= 0.3 is 0 Å². The molecule has 3 heteroatoms. The summed E-state index contributed by atoms with van der Waals surface area (Å²) in [5, 5.41) is 0. The van der Waals surface area contributed by atoms with Gasteiger partial charge in [0.15, 0.2) is 0 Å². The zero-order chi connectivity index (χ0) is 13.2. The van der Waals surface area contributed by atoms with Crippen LogP contribution < -0.4 is 10.6 Å². The Kier molecular flexibility index (Phi) is 3.11. The number of aryl methyl sites for hydroxylation is 1. The van der Waals surface area contributed by atoms with Gasteiger partial charge in [0.1, 0.15) is 0 Å². The predicted octanol–water partition coefficient (Wildman–Crippen LogP) is 3.31. The first-order chi connectivity index (χ1) is 9.27. The molecule has 2 heterocycles. The van der Waals surface area contributed by atoms with E-state index in [2.05, 4.69) is 35.0 Å². The van der Waals surface area contributed by atoms with Crippen LogP contribution in [0.4, 0.5) is 11.4 Å². The molecule has 1 fully saturated rings. The molecule has 0 spiro atoms. The fourth-order valence-electron chi connectivity index (χ4n) is 3.04. The molecule has 1 aliphatic heterocycles. The normalized spacial score (nSPS) is 18.8. The van der Waals surface area contributed by atoms with E-state index in [0.29, 0.717) is 6.04 Å². The average Bonchev–Trinajstić information content (AvgIpc) is 2.89. The van der Waals surface area contributed by atoms with Crippen LogP contribution in [0.25, 0.3) is 0 Å². The minimum atomic E-state index is 0.423. The van der Waals surface area contributed by atoms with Gasteiger partial charge in [0.25, 0.3) is 0 Å². The summed E-state index contributed by atoms with van der Waals surface area (Å²) in [5.74, 6) is 0. The maximum absolute atomic E-state index is 6.19. The van der Waals surface area contributed by atoms with Gasteiger partial charge in [-0.3, -0.25) is 4.98 Å². The highest BCUT2D eigenvalue weighted by Crippen LogP contribution is 2.40. The second-order valence-electron chi connectivity index (χ2n) is 5.14. The topological polar surface area (TPSA) is 42.1 Å². The van der Waals surface area contributed by atoms with Gasteiger partial charge in [-0.25, -0.2) is 0 Å². The van der Waals surface area contributed by atoms with Gasteiger partial charge in [-0.2, -0.15) is 0 Å². The largest absolute Gasteiger partial charge is 0.397 e. The number of benzene rings is 1. The second kappa shape index (κ2) is 4.92. The third kappa shape index (κ3) is 2.16. The zero-order valence-electron chi connectivity index (χ0n) is 11.2. The summed E-state index contributed by atoms with van der Waals surface area (Å²) >= 11 is 0. The molecule has 3 rings (SSSR count). The Morgan fingerprint density at radius 2 is 2.00 bits per heavy atom. The van der Waals surface area contributed by atoms with E-state index < -0.39 is 0 Å². The number of pyridine rings is 1. The van der Waals surface area contributed by atoms with Gasteiger partial charge in [0, 0.05) is 18.9 Å². The van der Waals surface area contributed by atoms with E-state index in [1.807, 2.05) is 24.5 Å². The van der Waals surface area contributed by atoms with Gasteiger partial charge in [0.2, 0.25) is 0 Å². The molecule has 1 aromatic carbocycles. The van der Waals surface area contributed by atoms with E-state index >= 15 is 0 Å². The number of nitrogens with zero attached hydrogens (tertiary/aromatic N) is 2. The molecule has 98 valence electrons. The molecule has 1 aliphatic rings. The van der Waals surface area contributed by atoms with Gasteiger partial charge in [-0.05, 0) is 49.1 Å². The van der Waals surface area contributed by atoms with Crippen LogP contribution in [0.3, 0.4) is 0 Å². The summed E-state index contributed by atoms with van der Waals surface area (Å²) < 4.78 is 0. The van der Waals surface area contributed by atoms with Crippen LogP contribution in [0.5, 0.6) is 0 Å². The highest BCUT2D eigenvalue weighted by atomic mass is 15.2. The van der Waals surface area contributed by atoms with Crippen molar-refractivity contribution >= 4 is 11.4 Å². The molecule has 0 radical (unpaired) electrons. The van der Waals surface area contributed by atoms with E-state index in [1.54, 1.807) is 0 Å². The van der Waals surface area contributed by atoms with Crippen molar-refractivity contribution in [3.8, 4) is 0 Å². The van der Waals surface area contributed by atoms with E-state index in [9.17, 15) is 0 Å². The minimum Gasteiger partial charge on any atom is -0.397 e. The Labute approximate surface area is 114 Å². The number of aromatic nitrogens is 1. The van der Waals surface area contributed by atoms with Crippen molar-refractivity contribution in [3.05, 3.63) is 53.9 Å². The Bertz CT molecular complexity index is 545. The van der Waals surface area contributed by atoms with Crippen molar-refractivity contribution in [1.82, 2.24) is 4.98 Å². The van der Waals surface area contributed by atoms with Crippen molar-refractivity contribution in [2.45, 2.75) is 25.8 Å². The lowest BCUT2D eigenvalue weighted by Gasteiger charge is -2.29. The van der Waals surface area contributed by atoms with E-state index in [1.165, 1.54) is 29.7 Å². The Morgan fingerprint density at radius 3 is 2.74 bits per heavy atom. The van der Waals surface area contributed by atoms with Crippen molar-refractivity contribution in [1.29, 1.82) is 0 Å². The molecule has 2 N–H and O–H groups in total. The summed E-state index contributed by atoms with van der Waals surface area (Å²) in [7, 11) is 0. The first-order valence-electron chi connectivity index (χ1n) is 6.79. The number of anilines is 2. The van der Waals surface area contributed by atoms with E-state index in [4.69, 9.17) is 5.73 Å². The standard InChI is InChI=1S/C16H19N3/c1-12-4-2-5-14(17)16(12)19-11-3-6-15(19)13-7-9-18-10-8-13/h2,4-5,7-10,15H,3,6,11,17H2,1H3. The SMILES string of the molecule is Cc1cccc(N)c1N1CCCC1c1ccncc1. The van der Waals surface area contributed by atoms with Crippen LogP contribution in [0.1, 0.15) is 30.0 Å². The minimum absolute atomic E-state index is 0.423. The number of nitrogen functional groups attached to an aromatic ring is 1. The average molecular weight is 253 g/mol. The number of hydrogen-bond acceptors (Lipinski definition) is 3. The molecular weight excluding hydrogens is 234 g/mol. The van der Waals surface area contributed by atoms with E-state index in [-0.39, 0.29) is 0 Å². The van der Waals surface area contributed by atoms with Crippen LogP contribution in [-0.2, 0) is 0 Å². The molecule has 1 aromatic heterocycles.